The predicted octanol–water partition coefficient (Wildman–Crippen LogP) is 2.39. The zero-order chi connectivity index (χ0) is 12.3. The van der Waals surface area contributed by atoms with Gasteiger partial charge >= 0.3 is 0 Å². The van der Waals surface area contributed by atoms with Gasteiger partial charge in [-0.3, -0.25) is 0 Å². The molecule has 1 aromatic heterocycles. The van der Waals surface area contributed by atoms with Crippen molar-refractivity contribution in [1.29, 1.82) is 0 Å². The molecular weight excluding hydrogens is 212 g/mol. The summed E-state index contributed by atoms with van der Waals surface area (Å²) in [7, 11) is 0. The first-order chi connectivity index (χ1) is 8.16. The van der Waals surface area contributed by atoms with Gasteiger partial charge in [0.05, 0.1) is 12.7 Å². The number of ether oxygens (including phenoxy) is 1. The molecule has 2 rings (SSSR count). The summed E-state index contributed by atoms with van der Waals surface area (Å²) >= 11 is 0. The molecule has 0 radical (unpaired) electrons. The van der Waals surface area contributed by atoms with Crippen LogP contribution >= 0.6 is 0 Å². The van der Waals surface area contributed by atoms with Gasteiger partial charge in [0.25, 0.3) is 0 Å². The Hall–Kier alpha value is -0.800. The molecule has 0 aliphatic heterocycles. The number of aromatic nitrogens is 1. The maximum absolute atomic E-state index is 5.94. The van der Waals surface area contributed by atoms with Gasteiger partial charge < -0.3 is 15.0 Å². The molecule has 1 fully saturated rings. The normalized spacial score (nSPS) is 25.1. The molecule has 2 N–H and O–H groups in total. The monoisotopic (exact) mass is 236 g/mol. The first-order valence-electron chi connectivity index (χ1n) is 6.66. The highest BCUT2D eigenvalue weighted by Crippen LogP contribution is 2.19. The molecule has 0 saturated heterocycles. The average molecular weight is 236 g/mol. The van der Waals surface area contributed by atoms with Crippen LogP contribution in [0.1, 0.15) is 37.1 Å². The van der Waals surface area contributed by atoms with Gasteiger partial charge in [-0.15, -0.1) is 0 Å². The lowest BCUT2D eigenvalue weighted by Gasteiger charge is -2.26. The summed E-state index contributed by atoms with van der Waals surface area (Å²) in [6.45, 7) is 6.07. The summed E-state index contributed by atoms with van der Waals surface area (Å²) < 4.78 is 8.25. The van der Waals surface area contributed by atoms with Gasteiger partial charge in [-0.1, -0.05) is 0 Å². The Morgan fingerprint density at radius 1 is 1.18 bits per heavy atom. The van der Waals surface area contributed by atoms with Crippen molar-refractivity contribution in [2.24, 2.45) is 5.73 Å². The second kappa shape index (κ2) is 5.69. The molecular formula is C14H24N2O. The van der Waals surface area contributed by atoms with Crippen molar-refractivity contribution in [1.82, 2.24) is 4.57 Å². The van der Waals surface area contributed by atoms with E-state index in [1.165, 1.54) is 11.4 Å². The van der Waals surface area contributed by atoms with Gasteiger partial charge in [0, 0.05) is 24.0 Å². The molecule has 1 aliphatic rings. The van der Waals surface area contributed by atoms with Gasteiger partial charge in [-0.2, -0.15) is 0 Å². The minimum absolute atomic E-state index is 0.406. The number of nitrogens with zero attached hydrogens (tertiary/aromatic N) is 1. The Kier molecular flexibility index (Phi) is 4.24. The molecule has 0 amide bonds. The SMILES string of the molecule is Cc1ccc(C)n1CCOC1CCC(N)CC1. The largest absolute Gasteiger partial charge is 0.376 e. The highest BCUT2D eigenvalue weighted by Gasteiger charge is 2.18. The van der Waals surface area contributed by atoms with Crippen molar-refractivity contribution in [3.05, 3.63) is 23.5 Å². The average Bonchev–Trinajstić information content (AvgIpc) is 2.63. The molecule has 1 aliphatic carbocycles. The van der Waals surface area contributed by atoms with Crippen molar-refractivity contribution in [3.8, 4) is 0 Å². The fourth-order valence-corrected chi connectivity index (χ4v) is 2.62. The highest BCUT2D eigenvalue weighted by molar-refractivity contribution is 5.13. The number of hydrogen-bond acceptors (Lipinski definition) is 2. The van der Waals surface area contributed by atoms with Crippen LogP contribution in [0.4, 0.5) is 0 Å². The van der Waals surface area contributed by atoms with Crippen molar-refractivity contribution in [2.75, 3.05) is 6.61 Å². The number of aryl methyl sites for hydroxylation is 2. The Morgan fingerprint density at radius 2 is 1.76 bits per heavy atom. The standard InChI is InChI=1S/C14H24N2O/c1-11-3-4-12(2)16(11)9-10-17-14-7-5-13(15)6-8-14/h3-4,13-14H,5-10,15H2,1-2H3. The lowest BCUT2D eigenvalue weighted by atomic mass is 9.94. The van der Waals surface area contributed by atoms with Crippen LogP contribution in [-0.2, 0) is 11.3 Å². The fourth-order valence-electron chi connectivity index (χ4n) is 2.62. The third kappa shape index (κ3) is 3.33. The molecule has 0 atom stereocenters. The minimum atomic E-state index is 0.406. The highest BCUT2D eigenvalue weighted by atomic mass is 16.5. The number of hydrogen-bond donors (Lipinski definition) is 1. The molecule has 96 valence electrons. The van der Waals surface area contributed by atoms with E-state index in [1.54, 1.807) is 0 Å². The van der Waals surface area contributed by atoms with E-state index in [0.29, 0.717) is 12.1 Å². The Morgan fingerprint density at radius 3 is 2.35 bits per heavy atom. The molecule has 1 saturated carbocycles. The van der Waals surface area contributed by atoms with E-state index in [1.807, 2.05) is 0 Å². The molecule has 1 heterocycles. The first-order valence-corrected chi connectivity index (χ1v) is 6.66. The summed E-state index contributed by atoms with van der Waals surface area (Å²) in [6, 6.07) is 4.73. The molecule has 0 spiro atoms. The molecule has 0 unspecified atom stereocenters. The van der Waals surface area contributed by atoms with E-state index in [0.717, 1.165) is 38.8 Å². The number of nitrogens with two attached hydrogens (primary N) is 1. The van der Waals surface area contributed by atoms with E-state index >= 15 is 0 Å². The topological polar surface area (TPSA) is 40.2 Å². The molecule has 0 bridgehead atoms. The van der Waals surface area contributed by atoms with Crippen LogP contribution < -0.4 is 5.73 Å². The lowest BCUT2D eigenvalue weighted by molar-refractivity contribution is 0.0206. The summed E-state index contributed by atoms with van der Waals surface area (Å²) in [4.78, 5) is 0. The minimum Gasteiger partial charge on any atom is -0.376 e. The second-order valence-corrected chi connectivity index (χ2v) is 5.18. The van der Waals surface area contributed by atoms with E-state index in [9.17, 15) is 0 Å². The lowest BCUT2D eigenvalue weighted by Crippen LogP contribution is -2.30. The Bertz CT molecular complexity index is 332. The zero-order valence-corrected chi connectivity index (χ0v) is 11.0. The Labute approximate surface area is 104 Å². The quantitative estimate of drug-likeness (QED) is 0.872. The maximum Gasteiger partial charge on any atom is 0.0649 e. The van der Waals surface area contributed by atoms with Crippen LogP contribution in [0.2, 0.25) is 0 Å². The first kappa shape index (κ1) is 12.7. The van der Waals surface area contributed by atoms with Crippen LogP contribution in [0.5, 0.6) is 0 Å². The molecule has 0 aromatic carbocycles. The maximum atomic E-state index is 5.94. The van der Waals surface area contributed by atoms with E-state index < -0.39 is 0 Å². The van der Waals surface area contributed by atoms with Crippen LogP contribution in [0, 0.1) is 13.8 Å². The van der Waals surface area contributed by atoms with Crippen molar-refractivity contribution in [3.63, 3.8) is 0 Å². The van der Waals surface area contributed by atoms with E-state index in [2.05, 4.69) is 30.5 Å². The van der Waals surface area contributed by atoms with E-state index in [-0.39, 0.29) is 0 Å². The fraction of sp³-hybridized carbons (Fsp3) is 0.714. The van der Waals surface area contributed by atoms with Gasteiger partial charge in [-0.25, -0.2) is 0 Å². The van der Waals surface area contributed by atoms with E-state index in [4.69, 9.17) is 10.5 Å². The smallest absolute Gasteiger partial charge is 0.0649 e. The van der Waals surface area contributed by atoms with Crippen LogP contribution in [-0.4, -0.2) is 23.3 Å². The van der Waals surface area contributed by atoms with Gasteiger partial charge in [0.2, 0.25) is 0 Å². The molecule has 1 aromatic rings. The van der Waals surface area contributed by atoms with Gasteiger partial charge in [0.15, 0.2) is 0 Å². The molecule has 3 nitrogen and oxygen atoms in total. The summed E-state index contributed by atoms with van der Waals surface area (Å²) in [5, 5.41) is 0. The third-order valence-corrected chi connectivity index (χ3v) is 3.80. The van der Waals surface area contributed by atoms with Crippen LogP contribution in [0.3, 0.4) is 0 Å². The van der Waals surface area contributed by atoms with Gasteiger partial charge in [0.1, 0.15) is 0 Å². The van der Waals surface area contributed by atoms with Crippen molar-refractivity contribution in [2.45, 2.75) is 58.2 Å². The molecule has 17 heavy (non-hydrogen) atoms. The summed E-state index contributed by atoms with van der Waals surface area (Å²) in [5.74, 6) is 0. The van der Waals surface area contributed by atoms with Crippen LogP contribution in [0.15, 0.2) is 12.1 Å². The van der Waals surface area contributed by atoms with Crippen molar-refractivity contribution >= 4 is 0 Å². The van der Waals surface area contributed by atoms with Crippen molar-refractivity contribution < 1.29 is 4.74 Å². The summed E-state index contributed by atoms with van der Waals surface area (Å²) in [5.41, 5.74) is 8.52. The number of rotatable bonds is 4. The Balaban J connectivity index is 1.73. The van der Waals surface area contributed by atoms with Crippen LogP contribution in [0.25, 0.3) is 0 Å². The predicted molar refractivity (Wildman–Crippen MR) is 70.1 cm³/mol. The second-order valence-electron chi connectivity index (χ2n) is 5.18. The molecule has 3 heteroatoms. The third-order valence-electron chi connectivity index (χ3n) is 3.80. The zero-order valence-electron chi connectivity index (χ0n) is 11.0. The summed E-state index contributed by atoms with van der Waals surface area (Å²) in [6.07, 6.45) is 4.93. The van der Waals surface area contributed by atoms with Gasteiger partial charge in [-0.05, 0) is 51.7 Å².